The van der Waals surface area contributed by atoms with Gasteiger partial charge in [-0.1, -0.05) is 87.5 Å². The van der Waals surface area contributed by atoms with Crippen LogP contribution in [0.3, 0.4) is 0 Å². The van der Waals surface area contributed by atoms with Gasteiger partial charge in [0.2, 0.25) is 0 Å². The van der Waals surface area contributed by atoms with E-state index in [9.17, 15) is 4.39 Å². The molecule has 0 N–H and O–H groups in total. The number of anilines is 1. The van der Waals surface area contributed by atoms with E-state index >= 15 is 0 Å². The van der Waals surface area contributed by atoms with Gasteiger partial charge in [-0.3, -0.25) is 4.39 Å². The largest absolute Gasteiger partial charge is 0.372 e. The predicted molar refractivity (Wildman–Crippen MR) is 141 cm³/mol. The zero-order chi connectivity index (χ0) is 23.6. The van der Waals surface area contributed by atoms with E-state index in [0.717, 1.165) is 5.92 Å². The van der Waals surface area contributed by atoms with E-state index < -0.39 is 0 Å². The van der Waals surface area contributed by atoms with Crippen LogP contribution in [0.5, 0.6) is 0 Å². The van der Waals surface area contributed by atoms with Crippen molar-refractivity contribution in [1.82, 2.24) is 0 Å². The fourth-order valence-electron chi connectivity index (χ4n) is 5.39. The minimum absolute atomic E-state index is 0.442. The summed E-state index contributed by atoms with van der Waals surface area (Å²) >= 11 is 0. The molecule has 33 heavy (non-hydrogen) atoms. The molecule has 1 nitrogen and oxygen atoms in total. The second-order valence-electron chi connectivity index (χ2n) is 8.99. The van der Waals surface area contributed by atoms with Crippen LogP contribution in [0, 0.1) is 5.92 Å². The Morgan fingerprint density at radius 2 is 1.30 bits per heavy atom. The van der Waals surface area contributed by atoms with Crippen LogP contribution in [0.1, 0.15) is 74.1 Å². The number of halogens is 1. The Hall–Kier alpha value is -2.61. The van der Waals surface area contributed by atoms with Crippen molar-refractivity contribution in [2.75, 3.05) is 25.2 Å². The third-order valence-corrected chi connectivity index (χ3v) is 7.15. The summed E-state index contributed by atoms with van der Waals surface area (Å²) in [6, 6.07) is 29.7. The van der Waals surface area contributed by atoms with Gasteiger partial charge in [-0.25, -0.2) is 0 Å². The monoisotopic (exact) mass is 445 g/mol. The molecule has 0 amide bonds. The summed E-state index contributed by atoms with van der Waals surface area (Å²) in [6.45, 7) is 8.77. The first-order valence-corrected chi connectivity index (χ1v) is 12.6. The number of rotatable bonds is 3. The highest BCUT2D eigenvalue weighted by atomic mass is 19.1. The number of nitrogens with zero attached hydrogens (tertiary/aromatic N) is 1. The molecule has 1 aliphatic carbocycles. The lowest BCUT2D eigenvalue weighted by atomic mass is 9.69. The molecule has 1 fully saturated rings. The molecule has 2 unspecified atom stereocenters. The average Bonchev–Trinajstić information content (AvgIpc) is 2.91. The molecule has 2 aliphatic rings. The Balaban J connectivity index is 0.000000728. The maximum Gasteiger partial charge on any atom is 0.0785 e. The lowest BCUT2D eigenvalue weighted by Crippen LogP contribution is -2.32. The first kappa shape index (κ1) is 25.0. The molecular formula is C31H40FN. The van der Waals surface area contributed by atoms with Crippen molar-refractivity contribution in [3.8, 4) is 0 Å². The van der Waals surface area contributed by atoms with Crippen LogP contribution < -0.4 is 4.90 Å². The van der Waals surface area contributed by atoms with E-state index in [0.29, 0.717) is 19.0 Å². The van der Waals surface area contributed by atoms with Crippen molar-refractivity contribution in [2.24, 2.45) is 5.92 Å². The second kappa shape index (κ2) is 12.6. The molecule has 0 aromatic heterocycles. The van der Waals surface area contributed by atoms with Crippen LogP contribution in [0.2, 0.25) is 0 Å². The SMILES string of the molecule is CC.CC1CCN(c2ccc(C3c4ccccc4CCC3c3ccccc3)cc2)CC1.CF. The van der Waals surface area contributed by atoms with Crippen molar-refractivity contribution in [1.29, 1.82) is 0 Å². The summed E-state index contributed by atoms with van der Waals surface area (Å²) in [6.07, 6.45) is 5.02. The summed E-state index contributed by atoms with van der Waals surface area (Å²) in [5.41, 5.74) is 7.37. The van der Waals surface area contributed by atoms with Crippen LogP contribution in [0.25, 0.3) is 0 Å². The Kier molecular flexibility index (Phi) is 9.54. The standard InChI is InChI=1S/C28H31N.C2H6.CH3F/c1-21-17-19-29(20-18-21)25-14-11-24(12-15-25)28-26-10-6-5-9-23(26)13-16-27(28)22-7-3-2-4-8-22;2*1-2/h2-12,14-15,21,27-28H,13,16-20H2,1H3;1-2H3;1H3. The first-order valence-electron chi connectivity index (χ1n) is 12.6. The smallest absolute Gasteiger partial charge is 0.0785 e. The predicted octanol–water partition coefficient (Wildman–Crippen LogP) is 8.40. The molecule has 0 spiro atoms. The number of piperidine rings is 1. The van der Waals surface area contributed by atoms with E-state index in [4.69, 9.17) is 0 Å². The van der Waals surface area contributed by atoms with Crippen molar-refractivity contribution in [3.63, 3.8) is 0 Å². The summed E-state index contributed by atoms with van der Waals surface area (Å²) in [7, 11) is 0.500. The van der Waals surface area contributed by atoms with Crippen molar-refractivity contribution in [2.45, 2.75) is 58.3 Å². The number of fused-ring (bicyclic) bond motifs is 1. The van der Waals surface area contributed by atoms with E-state index in [-0.39, 0.29) is 0 Å². The average molecular weight is 446 g/mol. The van der Waals surface area contributed by atoms with E-state index in [1.54, 1.807) is 0 Å². The Labute approximate surface area is 200 Å². The third kappa shape index (κ3) is 5.85. The number of hydrogen-bond acceptors (Lipinski definition) is 1. The van der Waals surface area contributed by atoms with Gasteiger partial charge in [-0.15, -0.1) is 0 Å². The van der Waals surface area contributed by atoms with Crippen molar-refractivity contribution >= 4 is 5.69 Å². The maximum atomic E-state index is 9.50. The zero-order valence-corrected chi connectivity index (χ0v) is 20.8. The molecule has 5 rings (SSSR count). The molecule has 176 valence electrons. The molecular weight excluding hydrogens is 405 g/mol. The Morgan fingerprint density at radius 1 is 0.697 bits per heavy atom. The van der Waals surface area contributed by atoms with Gasteiger partial charge in [0.15, 0.2) is 0 Å². The maximum absolute atomic E-state index is 9.50. The van der Waals surface area contributed by atoms with E-state index in [2.05, 4.69) is 90.7 Å². The van der Waals surface area contributed by atoms with Crippen LogP contribution in [-0.2, 0) is 6.42 Å². The molecule has 3 aromatic rings. The lowest BCUT2D eigenvalue weighted by molar-refractivity contribution is 0.438. The fraction of sp³-hybridized carbons (Fsp3) is 0.419. The molecule has 1 aliphatic heterocycles. The van der Waals surface area contributed by atoms with Crippen LogP contribution in [-0.4, -0.2) is 20.3 Å². The quantitative estimate of drug-likeness (QED) is 0.391. The van der Waals surface area contributed by atoms with Gasteiger partial charge in [0.05, 0.1) is 7.18 Å². The number of hydrogen-bond donors (Lipinski definition) is 0. The zero-order valence-electron chi connectivity index (χ0n) is 20.8. The molecule has 2 heteroatoms. The van der Waals surface area contributed by atoms with Gasteiger partial charge >= 0.3 is 0 Å². The third-order valence-electron chi connectivity index (χ3n) is 7.15. The summed E-state index contributed by atoms with van der Waals surface area (Å²) < 4.78 is 9.50. The van der Waals surface area contributed by atoms with E-state index in [1.165, 1.54) is 66.7 Å². The minimum Gasteiger partial charge on any atom is -0.372 e. The molecule has 0 saturated carbocycles. The van der Waals surface area contributed by atoms with Crippen LogP contribution in [0.15, 0.2) is 78.9 Å². The summed E-state index contributed by atoms with van der Waals surface area (Å²) in [5, 5.41) is 0. The molecule has 3 aromatic carbocycles. The van der Waals surface area contributed by atoms with Crippen LogP contribution >= 0.6 is 0 Å². The van der Waals surface area contributed by atoms with Gasteiger partial charge < -0.3 is 4.90 Å². The van der Waals surface area contributed by atoms with Crippen LogP contribution in [0.4, 0.5) is 10.1 Å². The Bertz CT molecular complexity index is 942. The van der Waals surface area contributed by atoms with Crippen molar-refractivity contribution < 1.29 is 4.39 Å². The van der Waals surface area contributed by atoms with Gasteiger partial charge in [0.25, 0.3) is 0 Å². The summed E-state index contributed by atoms with van der Waals surface area (Å²) in [5.74, 6) is 1.86. The first-order chi connectivity index (χ1) is 16.3. The molecule has 2 atom stereocenters. The van der Waals surface area contributed by atoms with Gasteiger partial charge in [0, 0.05) is 24.7 Å². The highest BCUT2D eigenvalue weighted by molar-refractivity contribution is 5.52. The number of alkyl halides is 1. The number of aryl methyl sites for hydroxylation is 1. The van der Waals surface area contributed by atoms with Gasteiger partial charge in [0.1, 0.15) is 0 Å². The molecule has 0 radical (unpaired) electrons. The summed E-state index contributed by atoms with van der Waals surface area (Å²) in [4.78, 5) is 2.56. The minimum atomic E-state index is 0.442. The van der Waals surface area contributed by atoms with Gasteiger partial charge in [-0.2, -0.15) is 0 Å². The lowest BCUT2D eigenvalue weighted by Gasteiger charge is -2.35. The molecule has 0 bridgehead atoms. The molecule has 1 saturated heterocycles. The second-order valence-corrected chi connectivity index (χ2v) is 8.99. The highest BCUT2D eigenvalue weighted by Crippen LogP contribution is 2.46. The number of benzene rings is 3. The van der Waals surface area contributed by atoms with Crippen molar-refractivity contribution in [3.05, 3.63) is 101 Å². The molecule has 1 heterocycles. The van der Waals surface area contributed by atoms with E-state index in [1.807, 2.05) is 13.8 Å². The highest BCUT2D eigenvalue weighted by Gasteiger charge is 2.31. The Morgan fingerprint density at radius 3 is 1.97 bits per heavy atom. The normalized spacial score (nSPS) is 20.0. The van der Waals surface area contributed by atoms with Gasteiger partial charge in [-0.05, 0) is 71.9 Å². The topological polar surface area (TPSA) is 3.24 Å². The fourth-order valence-corrected chi connectivity index (χ4v) is 5.39.